The number of thiazole rings is 1. The van der Waals surface area contributed by atoms with Gasteiger partial charge in [0.25, 0.3) is 17.6 Å². The molecule has 0 aliphatic heterocycles. The summed E-state index contributed by atoms with van der Waals surface area (Å²) in [6.07, 6.45) is -2.46. The standard InChI is InChI=1S/C22H26N4O13S/c1-39-17(8-5-3-2-4-6-8)21(35,36)26-22(37,38)20(33,34)11-13(28)15(30)12(16(31)14(11)29)25-10(27)7-9-18(32)40-19(23)24-9/h2-6,17,26,28-38H,7H2,1H3,(H2,23,24)(H,25,27). The fraction of sp³-hybridized carbons (Fsp3) is 0.273. The van der Waals surface area contributed by atoms with Crippen molar-refractivity contribution in [2.45, 2.75) is 30.1 Å². The number of ether oxygens (including phenoxy) is 1. The molecule has 1 aromatic heterocycles. The van der Waals surface area contributed by atoms with Gasteiger partial charge in [0, 0.05) is 7.11 Å². The van der Waals surface area contributed by atoms with Gasteiger partial charge in [-0.1, -0.05) is 41.7 Å². The third-order valence-corrected chi connectivity index (χ3v) is 6.31. The first-order chi connectivity index (χ1) is 18.4. The van der Waals surface area contributed by atoms with Crippen LogP contribution in [0.5, 0.6) is 28.1 Å². The molecule has 17 nitrogen and oxygen atoms in total. The molecule has 0 saturated carbocycles. The average molecular weight is 587 g/mol. The monoisotopic (exact) mass is 586 g/mol. The zero-order valence-corrected chi connectivity index (χ0v) is 21.2. The maximum Gasteiger partial charge on any atom is 0.288 e. The fourth-order valence-corrected chi connectivity index (χ4v) is 4.29. The molecule has 3 rings (SSSR count). The quantitative estimate of drug-likeness (QED) is 0.0682. The fourth-order valence-electron chi connectivity index (χ4n) is 3.70. The molecule has 0 radical (unpaired) electrons. The first kappa shape index (κ1) is 30.6. The third kappa shape index (κ3) is 5.65. The molecule has 18 heteroatoms. The van der Waals surface area contributed by atoms with E-state index in [-0.39, 0.29) is 16.4 Å². The summed E-state index contributed by atoms with van der Waals surface area (Å²) >= 11 is 0.652. The predicted octanol–water partition coefficient (Wildman–Crippen LogP) is -2.17. The van der Waals surface area contributed by atoms with E-state index in [1.54, 1.807) is 6.07 Å². The van der Waals surface area contributed by atoms with Crippen LogP contribution in [-0.4, -0.2) is 86.0 Å². The van der Waals surface area contributed by atoms with Crippen LogP contribution in [0.4, 0.5) is 10.8 Å². The van der Waals surface area contributed by atoms with Crippen molar-refractivity contribution >= 4 is 28.1 Å². The lowest BCUT2D eigenvalue weighted by Crippen LogP contribution is -2.69. The van der Waals surface area contributed by atoms with Crippen LogP contribution < -0.4 is 16.4 Å². The molecular weight excluding hydrogens is 560 g/mol. The summed E-state index contributed by atoms with van der Waals surface area (Å²) in [6.45, 7) is 0. The van der Waals surface area contributed by atoms with Crippen molar-refractivity contribution in [3.63, 3.8) is 0 Å². The molecule has 0 spiro atoms. The Balaban J connectivity index is 1.96. The summed E-state index contributed by atoms with van der Waals surface area (Å²) in [6, 6.07) is 7.22. The molecule has 218 valence electrons. The number of hydrogen-bond donors (Lipinski definition) is 14. The molecule has 0 aliphatic carbocycles. The number of carbonyl (C=O) groups excluding carboxylic acids is 1. The van der Waals surface area contributed by atoms with Crippen LogP contribution in [0.25, 0.3) is 0 Å². The lowest BCUT2D eigenvalue weighted by Gasteiger charge is -2.41. The minimum atomic E-state index is -4.33. The zero-order valence-electron chi connectivity index (χ0n) is 20.3. The van der Waals surface area contributed by atoms with E-state index < -0.39 is 75.4 Å². The number of aliphatic hydroxyl groups is 6. The van der Waals surface area contributed by atoms with Crippen molar-refractivity contribution in [3.8, 4) is 28.1 Å². The van der Waals surface area contributed by atoms with Gasteiger partial charge < -0.3 is 72.0 Å². The van der Waals surface area contributed by atoms with Crippen LogP contribution in [0.2, 0.25) is 0 Å². The number of phenols is 4. The molecule has 2 aromatic carbocycles. The Morgan fingerprint density at radius 2 is 1.52 bits per heavy atom. The van der Waals surface area contributed by atoms with Gasteiger partial charge in [-0.3, -0.25) is 4.79 Å². The minimum absolute atomic E-state index is 0.0644. The number of phenolic OH excluding ortho intramolecular Hbond substituents is 4. The van der Waals surface area contributed by atoms with Gasteiger partial charge in [-0.05, 0) is 5.56 Å². The van der Waals surface area contributed by atoms with Gasteiger partial charge in [0.2, 0.25) is 5.91 Å². The first-order valence-corrected chi connectivity index (χ1v) is 11.7. The second-order valence-corrected chi connectivity index (χ2v) is 9.40. The molecule has 0 bridgehead atoms. The van der Waals surface area contributed by atoms with Gasteiger partial charge in [-0.25, -0.2) is 10.3 Å². The van der Waals surface area contributed by atoms with E-state index >= 15 is 0 Å². The van der Waals surface area contributed by atoms with Gasteiger partial charge in [0.1, 0.15) is 16.9 Å². The zero-order chi connectivity index (χ0) is 30.2. The molecular formula is C22H26N4O13S. The van der Waals surface area contributed by atoms with E-state index in [4.69, 9.17) is 10.5 Å². The van der Waals surface area contributed by atoms with Gasteiger partial charge in [-0.2, -0.15) is 0 Å². The summed E-state index contributed by atoms with van der Waals surface area (Å²) in [5.74, 6) is -19.5. The number of hydrogen-bond acceptors (Lipinski definition) is 17. The SMILES string of the molecule is COC(c1ccccc1)C(O)(O)NC(O)(O)C(O)(O)c1c(O)c(O)c(NC(=O)Cc2nc(N)sc2O)c(O)c1O. The molecule has 40 heavy (non-hydrogen) atoms. The number of carbonyl (C=O) groups is 1. The van der Waals surface area contributed by atoms with Crippen LogP contribution in [-0.2, 0) is 21.7 Å². The molecule has 0 saturated heterocycles. The Bertz CT molecular complexity index is 1370. The lowest BCUT2D eigenvalue weighted by atomic mass is 9.96. The minimum Gasteiger partial charge on any atom is -0.504 e. The van der Waals surface area contributed by atoms with Crippen LogP contribution in [0.3, 0.4) is 0 Å². The van der Waals surface area contributed by atoms with E-state index in [9.17, 15) is 61.0 Å². The molecule has 1 atom stereocenters. The second kappa shape index (κ2) is 10.9. The molecule has 1 amide bonds. The van der Waals surface area contributed by atoms with Crippen molar-refractivity contribution in [2.75, 3.05) is 18.2 Å². The number of nitrogen functional groups attached to an aromatic ring is 1. The topological polar surface area (TPSA) is 312 Å². The van der Waals surface area contributed by atoms with Crippen molar-refractivity contribution in [2.24, 2.45) is 0 Å². The highest BCUT2D eigenvalue weighted by Crippen LogP contribution is 2.54. The Morgan fingerprint density at radius 3 is 2.00 bits per heavy atom. The highest BCUT2D eigenvalue weighted by atomic mass is 32.1. The summed E-state index contributed by atoms with van der Waals surface area (Å²) in [4.78, 5) is 16.0. The normalized spacial score (nSPS) is 13.3. The molecule has 15 N–H and O–H groups in total. The van der Waals surface area contributed by atoms with E-state index in [1.165, 1.54) is 29.6 Å². The summed E-state index contributed by atoms with van der Waals surface area (Å²) in [7, 11) is 1.01. The number of nitrogens with zero attached hydrogens (tertiary/aromatic N) is 1. The summed E-state index contributed by atoms with van der Waals surface area (Å²) < 4.78 is 4.96. The predicted molar refractivity (Wildman–Crippen MR) is 133 cm³/mol. The molecule has 0 aliphatic rings. The molecule has 1 unspecified atom stereocenters. The number of benzene rings is 2. The summed E-state index contributed by atoms with van der Waals surface area (Å²) in [5.41, 5.74) is 2.48. The van der Waals surface area contributed by atoms with Crippen molar-refractivity contribution in [1.29, 1.82) is 0 Å². The highest BCUT2D eigenvalue weighted by molar-refractivity contribution is 7.17. The molecule has 1 heterocycles. The highest BCUT2D eigenvalue weighted by Gasteiger charge is 2.58. The van der Waals surface area contributed by atoms with Crippen LogP contribution in [0, 0.1) is 0 Å². The van der Waals surface area contributed by atoms with E-state index in [1.807, 2.05) is 5.32 Å². The molecule has 0 fully saturated rings. The maximum atomic E-state index is 12.3. The first-order valence-electron chi connectivity index (χ1n) is 10.9. The Morgan fingerprint density at radius 1 is 0.975 bits per heavy atom. The number of methoxy groups -OCH3 is 1. The van der Waals surface area contributed by atoms with Crippen LogP contribution in [0.1, 0.15) is 22.9 Å². The van der Waals surface area contributed by atoms with Crippen molar-refractivity contribution in [3.05, 3.63) is 47.2 Å². The van der Waals surface area contributed by atoms with Gasteiger partial charge in [-0.15, -0.1) is 0 Å². The largest absolute Gasteiger partial charge is 0.504 e. The Labute approximate surface area is 227 Å². The third-order valence-electron chi connectivity index (χ3n) is 5.58. The van der Waals surface area contributed by atoms with Crippen molar-refractivity contribution in [1.82, 2.24) is 10.3 Å². The van der Waals surface area contributed by atoms with E-state index in [0.29, 0.717) is 11.3 Å². The van der Waals surface area contributed by atoms with Gasteiger partial charge in [0.05, 0.1) is 6.42 Å². The van der Waals surface area contributed by atoms with Crippen molar-refractivity contribution < 1.29 is 65.7 Å². The number of aromatic nitrogens is 1. The number of aromatic hydroxyl groups is 5. The smallest absolute Gasteiger partial charge is 0.288 e. The van der Waals surface area contributed by atoms with Crippen LogP contribution in [0.15, 0.2) is 30.3 Å². The number of nitrogens with two attached hydrogens (primary N) is 1. The number of rotatable bonds is 10. The van der Waals surface area contributed by atoms with Gasteiger partial charge in [0.15, 0.2) is 39.3 Å². The lowest BCUT2D eigenvalue weighted by molar-refractivity contribution is -0.416. The van der Waals surface area contributed by atoms with Gasteiger partial charge >= 0.3 is 0 Å². The Kier molecular flexibility index (Phi) is 8.32. The Hall–Kier alpha value is -3.98. The molecule has 3 aromatic rings. The maximum absolute atomic E-state index is 12.3. The second-order valence-electron chi connectivity index (χ2n) is 8.40. The number of amides is 1. The number of anilines is 2. The number of nitrogens with one attached hydrogen (secondary N) is 2. The average Bonchev–Trinajstić information content (AvgIpc) is 3.16. The van der Waals surface area contributed by atoms with E-state index in [2.05, 4.69) is 4.98 Å². The van der Waals surface area contributed by atoms with E-state index in [0.717, 1.165) is 7.11 Å². The summed E-state index contributed by atoms with van der Waals surface area (Å²) in [5, 5.41) is 117. The van der Waals surface area contributed by atoms with Crippen LogP contribution >= 0.6 is 11.3 Å².